The van der Waals surface area contributed by atoms with E-state index in [1.807, 2.05) is 0 Å². The molecule has 4 heteroatoms. The SMILES string of the molecule is O=[N+]([O-])c1ccc(CO[C@@H]2C3C=CC4C5C2[C@H]5[C@H]43)cc1. The van der Waals surface area contributed by atoms with Crippen LogP contribution < -0.4 is 0 Å². The van der Waals surface area contributed by atoms with E-state index in [2.05, 4.69) is 12.2 Å². The number of fused-ring (bicyclic) bond motifs is 2. The number of hydrogen-bond donors (Lipinski definition) is 0. The maximum absolute atomic E-state index is 10.6. The zero-order chi connectivity index (χ0) is 13.4. The first kappa shape index (κ1) is 11.0. The number of nitrogens with zero attached hydrogens (tertiary/aromatic N) is 1. The van der Waals surface area contributed by atoms with E-state index in [0.29, 0.717) is 18.6 Å². The molecule has 7 atom stereocenters. The van der Waals surface area contributed by atoms with Gasteiger partial charge in [-0.25, -0.2) is 0 Å². The van der Waals surface area contributed by atoms with Gasteiger partial charge in [-0.1, -0.05) is 12.2 Å². The van der Waals surface area contributed by atoms with Crippen LogP contribution in [0.2, 0.25) is 0 Å². The van der Waals surface area contributed by atoms with Crippen LogP contribution in [-0.2, 0) is 11.3 Å². The van der Waals surface area contributed by atoms with E-state index < -0.39 is 0 Å². The molecular weight excluding hydrogens is 254 g/mol. The molecule has 4 aliphatic carbocycles. The van der Waals surface area contributed by atoms with Crippen LogP contribution in [0.3, 0.4) is 0 Å². The molecule has 0 amide bonds. The van der Waals surface area contributed by atoms with Gasteiger partial charge in [0.15, 0.2) is 0 Å². The van der Waals surface area contributed by atoms with E-state index >= 15 is 0 Å². The van der Waals surface area contributed by atoms with E-state index in [4.69, 9.17) is 4.74 Å². The van der Waals surface area contributed by atoms with Gasteiger partial charge in [-0.15, -0.1) is 0 Å². The van der Waals surface area contributed by atoms with Crippen LogP contribution in [0.25, 0.3) is 0 Å². The number of rotatable bonds is 4. The summed E-state index contributed by atoms with van der Waals surface area (Å²) >= 11 is 0. The summed E-state index contributed by atoms with van der Waals surface area (Å²) < 4.78 is 6.15. The number of nitro benzene ring substituents is 1. The Bertz CT molecular complexity index is 623. The maximum atomic E-state index is 10.6. The van der Waals surface area contributed by atoms with Crippen molar-refractivity contribution in [3.63, 3.8) is 0 Å². The highest BCUT2D eigenvalue weighted by Crippen LogP contribution is 2.80. The van der Waals surface area contributed by atoms with Crippen LogP contribution in [0.5, 0.6) is 0 Å². The van der Waals surface area contributed by atoms with Gasteiger partial charge >= 0.3 is 0 Å². The average Bonchev–Trinajstić information content (AvgIpc) is 2.86. The van der Waals surface area contributed by atoms with Gasteiger partial charge in [0, 0.05) is 18.1 Å². The molecule has 20 heavy (non-hydrogen) atoms. The first-order valence-electron chi connectivity index (χ1n) is 7.29. The summed E-state index contributed by atoms with van der Waals surface area (Å²) in [6.07, 6.45) is 5.17. The van der Waals surface area contributed by atoms with Gasteiger partial charge < -0.3 is 4.74 Å². The standard InChI is InChI=1S/C16H15NO3/c18-17(19)9-3-1-8(2-4-9)7-20-16-11-6-5-10-12(11)14-13(10)15(14)16/h1-6,10-16H,7H2/t10?,11?,12-,13?,14+,15?,16-/m1/s1. The normalized spacial score (nSPS) is 45.1. The molecule has 4 nitrogen and oxygen atoms in total. The third kappa shape index (κ3) is 1.21. The molecule has 1 aromatic rings. The highest BCUT2D eigenvalue weighted by atomic mass is 16.6. The van der Waals surface area contributed by atoms with Gasteiger partial charge in [0.1, 0.15) is 0 Å². The van der Waals surface area contributed by atoms with Crippen molar-refractivity contribution in [2.75, 3.05) is 0 Å². The molecule has 0 bridgehead atoms. The predicted molar refractivity (Wildman–Crippen MR) is 71.8 cm³/mol. The van der Waals surface area contributed by atoms with E-state index in [-0.39, 0.29) is 10.6 Å². The Hall–Kier alpha value is -1.68. The lowest BCUT2D eigenvalue weighted by Crippen LogP contribution is -2.36. The maximum Gasteiger partial charge on any atom is 0.269 e. The second-order valence-corrected chi connectivity index (χ2v) is 6.55. The summed E-state index contributed by atoms with van der Waals surface area (Å²) in [6.45, 7) is 0.570. The molecule has 0 N–H and O–H groups in total. The van der Waals surface area contributed by atoms with Crippen molar-refractivity contribution < 1.29 is 9.66 Å². The Morgan fingerprint density at radius 1 is 1.00 bits per heavy atom. The fourth-order valence-electron chi connectivity index (χ4n) is 5.09. The van der Waals surface area contributed by atoms with Gasteiger partial charge in [0.05, 0.1) is 17.6 Å². The summed E-state index contributed by atoms with van der Waals surface area (Å²) in [4.78, 5) is 10.3. The quantitative estimate of drug-likeness (QED) is 0.480. The minimum Gasteiger partial charge on any atom is -0.373 e. The molecule has 0 aromatic heterocycles. The van der Waals surface area contributed by atoms with Gasteiger partial charge in [0.2, 0.25) is 0 Å². The molecule has 3 saturated carbocycles. The number of nitro groups is 1. The molecule has 0 heterocycles. The summed E-state index contributed by atoms with van der Waals surface area (Å²) in [5, 5.41) is 10.6. The second kappa shape index (κ2) is 3.50. The monoisotopic (exact) mass is 269 g/mol. The average molecular weight is 269 g/mol. The first-order chi connectivity index (χ1) is 9.75. The number of benzene rings is 1. The molecule has 4 aliphatic rings. The topological polar surface area (TPSA) is 52.4 Å². The third-order valence-electron chi connectivity index (χ3n) is 5.87. The van der Waals surface area contributed by atoms with Crippen molar-refractivity contribution in [1.82, 2.24) is 0 Å². The largest absolute Gasteiger partial charge is 0.373 e. The predicted octanol–water partition coefficient (Wildman–Crippen LogP) is 2.79. The summed E-state index contributed by atoms with van der Waals surface area (Å²) in [5.74, 6) is 5.04. The highest BCUT2D eigenvalue weighted by molar-refractivity contribution is 5.36. The van der Waals surface area contributed by atoms with Crippen molar-refractivity contribution in [2.45, 2.75) is 12.7 Å². The molecule has 0 aliphatic heterocycles. The van der Waals surface area contributed by atoms with Crippen molar-refractivity contribution in [1.29, 1.82) is 0 Å². The lowest BCUT2D eigenvalue weighted by atomic mass is 9.70. The summed E-state index contributed by atoms with van der Waals surface area (Å²) in [7, 11) is 0. The smallest absolute Gasteiger partial charge is 0.269 e. The van der Waals surface area contributed by atoms with Crippen LogP contribution in [0.4, 0.5) is 5.69 Å². The molecule has 102 valence electrons. The highest BCUT2D eigenvalue weighted by Gasteiger charge is 2.79. The number of ether oxygens (including phenoxy) is 1. The lowest BCUT2D eigenvalue weighted by Gasteiger charge is -2.36. The van der Waals surface area contributed by atoms with E-state index in [1.54, 1.807) is 24.3 Å². The van der Waals surface area contributed by atoms with Crippen molar-refractivity contribution in [2.24, 2.45) is 35.5 Å². The Morgan fingerprint density at radius 3 is 2.50 bits per heavy atom. The van der Waals surface area contributed by atoms with Crippen LogP contribution >= 0.6 is 0 Å². The lowest BCUT2D eigenvalue weighted by molar-refractivity contribution is -0.384. The molecular formula is C16H15NO3. The molecule has 5 rings (SSSR count). The van der Waals surface area contributed by atoms with Crippen LogP contribution in [-0.4, -0.2) is 11.0 Å². The molecule has 0 spiro atoms. The van der Waals surface area contributed by atoms with Crippen molar-refractivity contribution >= 4 is 5.69 Å². The fraction of sp³-hybridized carbons (Fsp3) is 0.500. The number of allylic oxidation sites excluding steroid dienone is 1. The van der Waals surface area contributed by atoms with Crippen LogP contribution in [0, 0.1) is 45.6 Å². The van der Waals surface area contributed by atoms with Crippen molar-refractivity contribution in [3.8, 4) is 0 Å². The van der Waals surface area contributed by atoms with E-state index in [9.17, 15) is 10.1 Å². The summed E-state index contributed by atoms with van der Waals surface area (Å²) in [6, 6.07) is 6.70. The number of hydrogen-bond acceptors (Lipinski definition) is 3. The molecule has 4 unspecified atom stereocenters. The summed E-state index contributed by atoms with van der Waals surface area (Å²) in [5.41, 5.74) is 1.16. The molecule has 3 fully saturated rings. The zero-order valence-corrected chi connectivity index (χ0v) is 10.9. The van der Waals surface area contributed by atoms with Gasteiger partial charge in [-0.3, -0.25) is 10.1 Å². The van der Waals surface area contributed by atoms with Crippen LogP contribution in [0.15, 0.2) is 36.4 Å². The zero-order valence-electron chi connectivity index (χ0n) is 10.9. The minimum absolute atomic E-state index is 0.139. The Kier molecular flexibility index (Phi) is 1.93. The first-order valence-corrected chi connectivity index (χ1v) is 7.29. The van der Waals surface area contributed by atoms with Gasteiger partial charge in [0.25, 0.3) is 5.69 Å². The number of non-ortho nitro benzene ring substituents is 1. The van der Waals surface area contributed by atoms with Gasteiger partial charge in [-0.05, 0) is 47.3 Å². The van der Waals surface area contributed by atoms with Crippen molar-refractivity contribution in [3.05, 3.63) is 52.1 Å². The fourth-order valence-corrected chi connectivity index (χ4v) is 5.09. The Morgan fingerprint density at radius 2 is 1.75 bits per heavy atom. The molecule has 0 saturated heterocycles. The van der Waals surface area contributed by atoms with E-state index in [0.717, 1.165) is 35.2 Å². The molecule has 1 aromatic carbocycles. The van der Waals surface area contributed by atoms with E-state index in [1.165, 1.54) is 0 Å². The third-order valence-corrected chi connectivity index (χ3v) is 5.87. The second-order valence-electron chi connectivity index (χ2n) is 6.55. The Labute approximate surface area is 116 Å². The van der Waals surface area contributed by atoms with Gasteiger partial charge in [-0.2, -0.15) is 0 Å². The van der Waals surface area contributed by atoms with Crippen LogP contribution in [0.1, 0.15) is 5.56 Å². The Balaban J connectivity index is 1.28. The molecule has 0 radical (unpaired) electrons. The minimum atomic E-state index is -0.368.